The number of carbonyl (C=O) groups is 1. The van der Waals surface area contributed by atoms with Gasteiger partial charge in [0.05, 0.1) is 27.8 Å². The molecule has 1 amide bonds. The van der Waals surface area contributed by atoms with Gasteiger partial charge < -0.3 is 24.0 Å². The average molecular weight is 441 g/mol. The van der Waals surface area contributed by atoms with E-state index in [0.29, 0.717) is 6.42 Å². The molecule has 0 bridgehead atoms. The lowest BCUT2D eigenvalue weighted by Gasteiger charge is -2.23. The summed E-state index contributed by atoms with van der Waals surface area (Å²) in [5.74, 6) is 2.63. The number of aryl methyl sites for hydroxylation is 1. The Morgan fingerprint density at radius 2 is 1.69 bits per heavy atom. The van der Waals surface area contributed by atoms with Gasteiger partial charge >= 0.3 is 0 Å². The summed E-state index contributed by atoms with van der Waals surface area (Å²) in [5.41, 5.74) is 3.61. The van der Waals surface area contributed by atoms with Gasteiger partial charge in [-0.15, -0.1) is 0 Å². The SMILES string of the molecule is COc1ccc2c(c1)CCN(CCCN(C)CCCc1ccc(OC)c(OC)c1)C(=O)C2. The van der Waals surface area contributed by atoms with Gasteiger partial charge in [-0.1, -0.05) is 12.1 Å². The molecule has 0 spiro atoms. The first-order valence-corrected chi connectivity index (χ1v) is 11.4. The topological polar surface area (TPSA) is 51.2 Å². The zero-order chi connectivity index (χ0) is 22.9. The van der Waals surface area contributed by atoms with Crippen LogP contribution < -0.4 is 14.2 Å². The molecule has 1 heterocycles. The lowest BCUT2D eigenvalue weighted by molar-refractivity contribution is -0.130. The monoisotopic (exact) mass is 440 g/mol. The van der Waals surface area contributed by atoms with Gasteiger partial charge in [0.15, 0.2) is 11.5 Å². The summed E-state index contributed by atoms with van der Waals surface area (Å²) in [6.45, 7) is 3.59. The number of fused-ring (bicyclic) bond motifs is 1. The van der Waals surface area contributed by atoms with E-state index in [1.54, 1.807) is 21.3 Å². The van der Waals surface area contributed by atoms with Crippen molar-refractivity contribution in [3.8, 4) is 17.2 Å². The molecule has 0 N–H and O–H groups in total. The molecular formula is C26H36N2O4. The van der Waals surface area contributed by atoms with Gasteiger partial charge in [0.1, 0.15) is 5.75 Å². The fourth-order valence-electron chi connectivity index (χ4n) is 4.26. The molecule has 0 saturated heterocycles. The Labute approximate surface area is 192 Å². The Kier molecular flexibility index (Phi) is 8.80. The van der Waals surface area contributed by atoms with Crippen molar-refractivity contribution >= 4 is 5.91 Å². The molecule has 1 aliphatic heterocycles. The molecule has 2 aromatic rings. The van der Waals surface area contributed by atoms with Crippen LogP contribution in [0, 0.1) is 0 Å². The van der Waals surface area contributed by atoms with Crippen molar-refractivity contribution in [1.82, 2.24) is 9.80 Å². The van der Waals surface area contributed by atoms with E-state index in [9.17, 15) is 4.79 Å². The second kappa shape index (κ2) is 11.8. The van der Waals surface area contributed by atoms with Crippen molar-refractivity contribution in [2.24, 2.45) is 0 Å². The van der Waals surface area contributed by atoms with E-state index in [1.807, 2.05) is 23.1 Å². The van der Waals surface area contributed by atoms with Crippen molar-refractivity contribution in [3.63, 3.8) is 0 Å². The van der Waals surface area contributed by atoms with Crippen LogP contribution in [0.1, 0.15) is 29.5 Å². The molecule has 6 nitrogen and oxygen atoms in total. The summed E-state index contributed by atoms with van der Waals surface area (Å²) in [7, 11) is 7.16. The summed E-state index contributed by atoms with van der Waals surface area (Å²) in [6, 6.07) is 12.2. The number of rotatable bonds is 11. The number of benzene rings is 2. The summed E-state index contributed by atoms with van der Waals surface area (Å²) in [6.07, 6.45) is 4.43. The van der Waals surface area contributed by atoms with E-state index in [4.69, 9.17) is 14.2 Å². The molecule has 0 saturated carbocycles. The average Bonchev–Trinajstić information content (AvgIpc) is 2.96. The minimum atomic E-state index is 0.227. The van der Waals surface area contributed by atoms with Crippen molar-refractivity contribution < 1.29 is 19.0 Å². The van der Waals surface area contributed by atoms with Crippen molar-refractivity contribution in [2.45, 2.75) is 32.1 Å². The second-order valence-corrected chi connectivity index (χ2v) is 8.39. The maximum absolute atomic E-state index is 12.7. The van der Waals surface area contributed by atoms with Crippen LogP contribution in [-0.2, 0) is 24.1 Å². The van der Waals surface area contributed by atoms with Crippen LogP contribution in [0.15, 0.2) is 36.4 Å². The molecule has 1 aliphatic rings. The van der Waals surface area contributed by atoms with Crippen molar-refractivity contribution in [1.29, 1.82) is 0 Å². The fraction of sp³-hybridized carbons (Fsp3) is 0.500. The second-order valence-electron chi connectivity index (χ2n) is 8.39. The number of amides is 1. The zero-order valence-electron chi connectivity index (χ0n) is 19.9. The van der Waals surface area contributed by atoms with E-state index in [1.165, 1.54) is 11.1 Å². The first-order chi connectivity index (χ1) is 15.5. The van der Waals surface area contributed by atoms with Gasteiger partial charge in [-0.05, 0) is 86.8 Å². The van der Waals surface area contributed by atoms with Crippen LogP contribution in [0.4, 0.5) is 0 Å². The molecular weight excluding hydrogens is 404 g/mol. The third kappa shape index (κ3) is 6.39. The van der Waals surface area contributed by atoms with Gasteiger partial charge in [-0.2, -0.15) is 0 Å². The quantitative estimate of drug-likeness (QED) is 0.535. The largest absolute Gasteiger partial charge is 0.497 e. The van der Waals surface area contributed by atoms with E-state index >= 15 is 0 Å². The van der Waals surface area contributed by atoms with Crippen LogP contribution in [0.5, 0.6) is 17.2 Å². The van der Waals surface area contributed by atoms with Crippen LogP contribution in [-0.4, -0.2) is 70.3 Å². The molecule has 0 radical (unpaired) electrons. The highest BCUT2D eigenvalue weighted by atomic mass is 16.5. The van der Waals surface area contributed by atoms with Crippen LogP contribution in [0.3, 0.4) is 0 Å². The molecule has 0 unspecified atom stereocenters. The zero-order valence-corrected chi connectivity index (χ0v) is 19.9. The maximum Gasteiger partial charge on any atom is 0.227 e. The number of hydrogen-bond donors (Lipinski definition) is 0. The molecule has 3 rings (SSSR count). The highest BCUT2D eigenvalue weighted by Crippen LogP contribution is 2.28. The lowest BCUT2D eigenvalue weighted by Crippen LogP contribution is -2.35. The molecule has 6 heteroatoms. The highest BCUT2D eigenvalue weighted by molar-refractivity contribution is 5.80. The van der Waals surface area contributed by atoms with Gasteiger partial charge in [0.2, 0.25) is 5.91 Å². The summed E-state index contributed by atoms with van der Waals surface area (Å²) >= 11 is 0. The smallest absolute Gasteiger partial charge is 0.227 e. The number of ether oxygens (including phenoxy) is 3. The predicted molar refractivity (Wildman–Crippen MR) is 127 cm³/mol. The number of carbonyl (C=O) groups excluding carboxylic acids is 1. The minimum Gasteiger partial charge on any atom is -0.497 e. The fourth-order valence-corrected chi connectivity index (χ4v) is 4.26. The van der Waals surface area contributed by atoms with Crippen LogP contribution in [0.25, 0.3) is 0 Å². The van der Waals surface area contributed by atoms with E-state index in [-0.39, 0.29) is 5.91 Å². The normalized spacial score (nSPS) is 13.7. The van der Waals surface area contributed by atoms with Crippen LogP contribution in [0.2, 0.25) is 0 Å². The Bertz CT molecular complexity index is 899. The number of nitrogens with zero attached hydrogens (tertiary/aromatic N) is 2. The predicted octanol–water partition coefficient (Wildman–Crippen LogP) is 3.59. The molecule has 0 aromatic heterocycles. The Morgan fingerprint density at radius 3 is 2.44 bits per heavy atom. The lowest BCUT2D eigenvalue weighted by atomic mass is 10.0. The third-order valence-corrected chi connectivity index (χ3v) is 6.18. The van der Waals surface area contributed by atoms with Gasteiger partial charge in [-0.25, -0.2) is 0 Å². The molecule has 2 aromatic carbocycles. The Hall–Kier alpha value is -2.73. The Morgan fingerprint density at radius 1 is 0.906 bits per heavy atom. The Balaban J connectivity index is 1.39. The first kappa shape index (κ1) is 23.9. The molecule has 0 atom stereocenters. The third-order valence-electron chi connectivity index (χ3n) is 6.18. The molecule has 174 valence electrons. The minimum absolute atomic E-state index is 0.227. The van der Waals surface area contributed by atoms with E-state index < -0.39 is 0 Å². The standard InChI is InChI=1S/C26H36N2O4/c1-27(13-5-7-20-8-11-24(31-3)25(17-20)32-4)14-6-15-28-16-12-22-18-23(30-2)10-9-21(22)19-26(28)29/h8-11,17-18H,5-7,12-16,19H2,1-4H3. The van der Waals surface area contributed by atoms with Crippen molar-refractivity contribution in [3.05, 3.63) is 53.1 Å². The number of methoxy groups -OCH3 is 3. The number of hydrogen-bond acceptors (Lipinski definition) is 5. The van der Waals surface area contributed by atoms with Crippen LogP contribution >= 0.6 is 0 Å². The summed E-state index contributed by atoms with van der Waals surface area (Å²) in [4.78, 5) is 17.1. The summed E-state index contributed by atoms with van der Waals surface area (Å²) in [5, 5.41) is 0. The van der Waals surface area contributed by atoms with Gasteiger partial charge in [-0.3, -0.25) is 4.79 Å². The maximum atomic E-state index is 12.7. The first-order valence-electron chi connectivity index (χ1n) is 11.4. The summed E-state index contributed by atoms with van der Waals surface area (Å²) < 4.78 is 16.0. The highest BCUT2D eigenvalue weighted by Gasteiger charge is 2.20. The van der Waals surface area contributed by atoms with Gasteiger partial charge in [0.25, 0.3) is 0 Å². The molecule has 32 heavy (non-hydrogen) atoms. The van der Waals surface area contributed by atoms with Gasteiger partial charge in [0, 0.05) is 13.1 Å². The molecule has 0 aliphatic carbocycles. The molecule has 0 fully saturated rings. The van der Waals surface area contributed by atoms with Crippen molar-refractivity contribution in [2.75, 3.05) is 54.6 Å². The van der Waals surface area contributed by atoms with E-state index in [2.05, 4.69) is 30.1 Å². The van der Waals surface area contributed by atoms with E-state index in [0.717, 1.165) is 74.7 Å².